The predicted molar refractivity (Wildman–Crippen MR) is 100 cm³/mol. The number of halogens is 2. The fraction of sp³-hybridized carbons (Fsp3) is 0.350. The first-order valence-electron chi connectivity index (χ1n) is 8.80. The number of anilines is 1. The van der Waals surface area contributed by atoms with Gasteiger partial charge in [0, 0.05) is 25.7 Å². The first-order chi connectivity index (χ1) is 12.5. The highest BCUT2D eigenvalue weighted by Crippen LogP contribution is 2.16. The second-order valence-electron chi connectivity index (χ2n) is 5.99. The number of likely N-dealkylation sites (N-methyl/N-ethyl adjacent to an activating group) is 1. The number of hydrogen-bond acceptors (Lipinski definition) is 2. The number of carbonyl (C=O) groups excluding carboxylic acids is 1. The fourth-order valence-corrected chi connectivity index (χ4v) is 2.64. The van der Waals surface area contributed by atoms with E-state index < -0.39 is 17.7 Å². The van der Waals surface area contributed by atoms with E-state index in [9.17, 15) is 13.6 Å². The lowest BCUT2D eigenvalue weighted by atomic mass is 10.2. The van der Waals surface area contributed by atoms with Crippen molar-refractivity contribution >= 4 is 11.7 Å². The number of rotatable bonds is 8. The smallest absolute Gasteiger partial charge is 0.319 e. The molecule has 0 heterocycles. The first kappa shape index (κ1) is 19.8. The minimum Gasteiger partial charge on any atom is -0.319 e. The molecule has 6 heteroatoms. The Balaban J connectivity index is 2.11. The summed E-state index contributed by atoms with van der Waals surface area (Å²) >= 11 is 0. The van der Waals surface area contributed by atoms with E-state index >= 15 is 0 Å². The summed E-state index contributed by atoms with van der Waals surface area (Å²) in [5.74, 6) is -1.47. The van der Waals surface area contributed by atoms with Crippen LogP contribution >= 0.6 is 0 Å². The highest BCUT2D eigenvalue weighted by Gasteiger charge is 2.17. The van der Waals surface area contributed by atoms with Crippen molar-refractivity contribution in [2.75, 3.05) is 31.5 Å². The standard InChI is InChI=1S/C20H25F2N3O/c1-3-24(4-2)12-13-25(15-16-8-6-5-7-9-16)20(26)23-19-11-10-17(21)14-18(19)22/h5-11,14H,3-4,12-13,15H2,1-2H3,(H,23,26). The van der Waals surface area contributed by atoms with Crippen molar-refractivity contribution in [1.82, 2.24) is 9.80 Å². The summed E-state index contributed by atoms with van der Waals surface area (Å²) in [6.07, 6.45) is 0. The van der Waals surface area contributed by atoms with Crippen LogP contribution in [0.25, 0.3) is 0 Å². The van der Waals surface area contributed by atoms with E-state index in [4.69, 9.17) is 0 Å². The lowest BCUT2D eigenvalue weighted by Crippen LogP contribution is -2.40. The van der Waals surface area contributed by atoms with Crippen LogP contribution in [0.4, 0.5) is 19.3 Å². The maximum absolute atomic E-state index is 13.8. The molecule has 2 amide bonds. The third-order valence-corrected chi connectivity index (χ3v) is 4.26. The fourth-order valence-electron chi connectivity index (χ4n) is 2.64. The minimum absolute atomic E-state index is 0.0303. The van der Waals surface area contributed by atoms with Gasteiger partial charge < -0.3 is 15.1 Å². The Labute approximate surface area is 153 Å². The average Bonchev–Trinajstić information content (AvgIpc) is 2.64. The molecule has 0 fully saturated rings. The van der Waals surface area contributed by atoms with Crippen molar-refractivity contribution in [3.8, 4) is 0 Å². The monoisotopic (exact) mass is 361 g/mol. The van der Waals surface area contributed by atoms with Gasteiger partial charge in [0.2, 0.25) is 0 Å². The lowest BCUT2D eigenvalue weighted by Gasteiger charge is -2.27. The third kappa shape index (κ3) is 5.81. The van der Waals surface area contributed by atoms with Crippen LogP contribution in [-0.2, 0) is 6.54 Å². The highest BCUT2D eigenvalue weighted by molar-refractivity contribution is 5.89. The Hall–Kier alpha value is -2.47. The van der Waals surface area contributed by atoms with E-state index in [1.165, 1.54) is 6.07 Å². The molecule has 2 rings (SSSR count). The van der Waals surface area contributed by atoms with Gasteiger partial charge in [0.15, 0.2) is 0 Å². The van der Waals surface area contributed by atoms with Crippen LogP contribution in [0.5, 0.6) is 0 Å². The zero-order chi connectivity index (χ0) is 18.9. The van der Waals surface area contributed by atoms with Gasteiger partial charge >= 0.3 is 6.03 Å². The zero-order valence-corrected chi connectivity index (χ0v) is 15.2. The van der Waals surface area contributed by atoms with Crippen molar-refractivity contribution < 1.29 is 13.6 Å². The van der Waals surface area contributed by atoms with Crippen LogP contribution in [0.2, 0.25) is 0 Å². The Morgan fingerprint density at radius 3 is 2.31 bits per heavy atom. The molecule has 1 N–H and O–H groups in total. The van der Waals surface area contributed by atoms with Crippen molar-refractivity contribution in [2.24, 2.45) is 0 Å². The maximum Gasteiger partial charge on any atom is 0.322 e. The normalized spacial score (nSPS) is 10.8. The van der Waals surface area contributed by atoms with Crippen LogP contribution in [0.3, 0.4) is 0 Å². The van der Waals surface area contributed by atoms with E-state index in [2.05, 4.69) is 24.1 Å². The van der Waals surface area contributed by atoms with Crippen LogP contribution < -0.4 is 5.32 Å². The quantitative estimate of drug-likeness (QED) is 0.759. The third-order valence-electron chi connectivity index (χ3n) is 4.26. The largest absolute Gasteiger partial charge is 0.322 e. The molecule has 0 aliphatic rings. The minimum atomic E-state index is -0.790. The van der Waals surface area contributed by atoms with E-state index in [1.54, 1.807) is 4.90 Å². The second kappa shape index (κ2) is 9.87. The first-order valence-corrected chi connectivity index (χ1v) is 8.80. The summed E-state index contributed by atoms with van der Waals surface area (Å²) in [6, 6.07) is 12.3. The van der Waals surface area contributed by atoms with Crippen LogP contribution in [0, 0.1) is 11.6 Å². The van der Waals surface area contributed by atoms with Gasteiger partial charge in [-0.05, 0) is 30.8 Å². The van der Waals surface area contributed by atoms with Gasteiger partial charge in [-0.2, -0.15) is 0 Å². The summed E-state index contributed by atoms with van der Waals surface area (Å²) in [5.41, 5.74) is 0.957. The second-order valence-corrected chi connectivity index (χ2v) is 5.99. The Bertz CT molecular complexity index is 705. The number of amides is 2. The molecule has 0 unspecified atom stereocenters. The van der Waals surface area contributed by atoms with Gasteiger partial charge in [0.05, 0.1) is 5.69 Å². The predicted octanol–water partition coefficient (Wildman–Crippen LogP) is 4.34. The number of nitrogens with one attached hydrogen (secondary N) is 1. The van der Waals surface area contributed by atoms with E-state index in [1.807, 2.05) is 30.3 Å². The van der Waals surface area contributed by atoms with Crippen LogP contribution in [-0.4, -0.2) is 42.0 Å². The van der Waals surface area contributed by atoms with Gasteiger partial charge in [-0.15, -0.1) is 0 Å². The average molecular weight is 361 g/mol. The molecule has 0 saturated carbocycles. The molecule has 0 saturated heterocycles. The maximum atomic E-state index is 13.8. The van der Waals surface area contributed by atoms with Crippen molar-refractivity contribution in [2.45, 2.75) is 20.4 Å². The number of hydrogen-bond donors (Lipinski definition) is 1. The van der Waals surface area contributed by atoms with Gasteiger partial charge in [0.25, 0.3) is 0 Å². The summed E-state index contributed by atoms with van der Waals surface area (Å²) in [6.45, 7) is 7.56. The Morgan fingerprint density at radius 2 is 1.69 bits per heavy atom. The summed E-state index contributed by atoms with van der Waals surface area (Å²) in [7, 11) is 0. The molecule has 140 valence electrons. The number of carbonyl (C=O) groups is 1. The van der Waals surface area contributed by atoms with Gasteiger partial charge in [0.1, 0.15) is 11.6 Å². The molecule has 0 atom stereocenters. The van der Waals surface area contributed by atoms with Gasteiger partial charge in [-0.1, -0.05) is 44.2 Å². The zero-order valence-electron chi connectivity index (χ0n) is 15.2. The molecule has 0 aliphatic heterocycles. The Morgan fingerprint density at radius 1 is 1.00 bits per heavy atom. The number of benzene rings is 2. The summed E-state index contributed by atoms with van der Waals surface area (Å²) < 4.78 is 26.9. The number of nitrogens with zero attached hydrogens (tertiary/aromatic N) is 2. The van der Waals surface area contributed by atoms with Crippen LogP contribution in [0.15, 0.2) is 48.5 Å². The molecule has 2 aromatic carbocycles. The number of urea groups is 1. The molecular formula is C20H25F2N3O. The van der Waals surface area contributed by atoms with Gasteiger partial charge in [-0.3, -0.25) is 0 Å². The molecule has 0 bridgehead atoms. The van der Waals surface area contributed by atoms with Crippen molar-refractivity contribution in [1.29, 1.82) is 0 Å². The molecule has 26 heavy (non-hydrogen) atoms. The van der Waals surface area contributed by atoms with E-state index in [0.29, 0.717) is 13.1 Å². The van der Waals surface area contributed by atoms with E-state index in [0.717, 1.165) is 37.3 Å². The SMILES string of the molecule is CCN(CC)CCN(Cc1ccccc1)C(=O)Nc1ccc(F)cc1F. The van der Waals surface area contributed by atoms with E-state index in [-0.39, 0.29) is 5.69 Å². The van der Waals surface area contributed by atoms with Crippen LogP contribution in [0.1, 0.15) is 19.4 Å². The molecule has 0 radical (unpaired) electrons. The van der Waals surface area contributed by atoms with Gasteiger partial charge in [-0.25, -0.2) is 13.6 Å². The molecule has 0 aromatic heterocycles. The van der Waals surface area contributed by atoms with Crippen molar-refractivity contribution in [3.63, 3.8) is 0 Å². The topological polar surface area (TPSA) is 35.6 Å². The van der Waals surface area contributed by atoms with Crippen molar-refractivity contribution in [3.05, 3.63) is 65.7 Å². The molecular weight excluding hydrogens is 336 g/mol. The molecule has 2 aromatic rings. The highest BCUT2D eigenvalue weighted by atomic mass is 19.1. The summed E-state index contributed by atoms with van der Waals surface area (Å²) in [4.78, 5) is 16.5. The lowest BCUT2D eigenvalue weighted by molar-refractivity contribution is 0.194. The molecule has 4 nitrogen and oxygen atoms in total. The molecule has 0 spiro atoms. The Kier molecular flexibility index (Phi) is 7.53. The molecule has 0 aliphatic carbocycles. The summed E-state index contributed by atoms with van der Waals surface area (Å²) in [5, 5.41) is 2.54.